The molecule has 1 fully saturated rings. The third-order valence-electron chi connectivity index (χ3n) is 2.34. The van der Waals surface area contributed by atoms with Gasteiger partial charge in [0.25, 0.3) is 5.91 Å². The molecule has 1 unspecified atom stereocenters. The maximum absolute atomic E-state index is 11.7. The molecule has 1 aliphatic rings. The van der Waals surface area contributed by atoms with Crippen LogP contribution in [-0.2, 0) is 10.4 Å². The first kappa shape index (κ1) is 10.1. The predicted octanol–water partition coefficient (Wildman–Crippen LogP) is 0.955. The third kappa shape index (κ3) is 1.37. The standard InChI is InChI=1S/C8H9BrN2O2S/c1-11-3-2-8(13,7(11)12)6-10-4-5(9)14-6/h4,13H,2-3H2,1H3. The lowest BCUT2D eigenvalue weighted by Gasteiger charge is -2.17. The first-order chi connectivity index (χ1) is 6.54. The number of carbonyl (C=O) groups is 1. The van der Waals surface area contributed by atoms with Crippen molar-refractivity contribution in [2.45, 2.75) is 12.0 Å². The Morgan fingerprint density at radius 3 is 2.93 bits per heavy atom. The fraction of sp³-hybridized carbons (Fsp3) is 0.500. The van der Waals surface area contributed by atoms with E-state index in [0.717, 1.165) is 3.79 Å². The van der Waals surface area contributed by atoms with Crippen LogP contribution in [0, 0.1) is 0 Å². The van der Waals surface area contributed by atoms with Gasteiger partial charge in [-0.15, -0.1) is 11.3 Å². The highest BCUT2D eigenvalue weighted by molar-refractivity contribution is 9.11. The number of hydrogen-bond acceptors (Lipinski definition) is 4. The van der Waals surface area contributed by atoms with Gasteiger partial charge in [0.05, 0.1) is 9.98 Å². The van der Waals surface area contributed by atoms with Crippen molar-refractivity contribution in [2.75, 3.05) is 13.6 Å². The monoisotopic (exact) mass is 276 g/mol. The normalized spacial score (nSPS) is 27.4. The van der Waals surface area contributed by atoms with E-state index in [4.69, 9.17) is 0 Å². The van der Waals surface area contributed by atoms with Crippen molar-refractivity contribution in [2.24, 2.45) is 0 Å². The molecule has 0 spiro atoms. The largest absolute Gasteiger partial charge is 0.373 e. The molecule has 0 aromatic carbocycles. The minimum absolute atomic E-state index is 0.264. The summed E-state index contributed by atoms with van der Waals surface area (Å²) in [7, 11) is 1.68. The van der Waals surface area contributed by atoms with Gasteiger partial charge in [0.1, 0.15) is 5.01 Å². The molecule has 0 bridgehead atoms. The number of thiazole rings is 1. The van der Waals surface area contributed by atoms with Gasteiger partial charge in [-0.1, -0.05) is 0 Å². The van der Waals surface area contributed by atoms with Crippen LogP contribution >= 0.6 is 27.3 Å². The number of halogens is 1. The summed E-state index contributed by atoms with van der Waals surface area (Å²) < 4.78 is 0.822. The summed E-state index contributed by atoms with van der Waals surface area (Å²) in [5.74, 6) is -0.264. The highest BCUT2D eigenvalue weighted by atomic mass is 79.9. The number of aromatic nitrogens is 1. The smallest absolute Gasteiger partial charge is 0.261 e. The Hall–Kier alpha value is -0.460. The molecular formula is C8H9BrN2O2S. The molecule has 0 aliphatic carbocycles. The molecule has 2 heterocycles. The van der Waals surface area contributed by atoms with Crippen molar-refractivity contribution < 1.29 is 9.90 Å². The molecule has 1 aromatic heterocycles. The molecule has 76 valence electrons. The van der Waals surface area contributed by atoms with Gasteiger partial charge in [0, 0.05) is 20.0 Å². The van der Waals surface area contributed by atoms with Crippen LogP contribution in [0.3, 0.4) is 0 Å². The number of nitrogens with zero attached hydrogens (tertiary/aromatic N) is 2. The number of aliphatic hydroxyl groups is 1. The van der Waals surface area contributed by atoms with E-state index in [9.17, 15) is 9.90 Å². The van der Waals surface area contributed by atoms with Crippen molar-refractivity contribution in [1.29, 1.82) is 0 Å². The third-order valence-corrected chi connectivity index (χ3v) is 3.97. The summed E-state index contributed by atoms with van der Waals surface area (Å²) in [4.78, 5) is 17.2. The van der Waals surface area contributed by atoms with E-state index >= 15 is 0 Å². The van der Waals surface area contributed by atoms with Crippen molar-refractivity contribution in [3.8, 4) is 0 Å². The van der Waals surface area contributed by atoms with Gasteiger partial charge in [-0.05, 0) is 15.9 Å². The molecular weight excluding hydrogens is 268 g/mol. The van der Waals surface area contributed by atoms with E-state index in [-0.39, 0.29) is 5.91 Å². The molecule has 1 N–H and O–H groups in total. The zero-order valence-electron chi connectivity index (χ0n) is 7.53. The number of carbonyl (C=O) groups excluding carboxylic acids is 1. The van der Waals surface area contributed by atoms with Crippen LogP contribution in [0.25, 0.3) is 0 Å². The Kier molecular flexibility index (Phi) is 2.36. The second-order valence-electron chi connectivity index (χ2n) is 3.31. The minimum atomic E-state index is -1.40. The summed E-state index contributed by atoms with van der Waals surface area (Å²) in [6, 6.07) is 0. The lowest BCUT2D eigenvalue weighted by molar-refractivity contribution is -0.143. The molecule has 6 heteroatoms. The summed E-state index contributed by atoms with van der Waals surface area (Å²) in [5.41, 5.74) is -1.40. The van der Waals surface area contributed by atoms with E-state index in [1.54, 1.807) is 13.2 Å². The Balaban J connectivity index is 2.38. The Morgan fingerprint density at radius 2 is 2.50 bits per heavy atom. The molecule has 2 rings (SSSR count). The topological polar surface area (TPSA) is 53.4 Å². The lowest BCUT2D eigenvalue weighted by Crippen LogP contribution is -2.35. The number of hydrogen-bond donors (Lipinski definition) is 1. The van der Waals surface area contributed by atoms with E-state index < -0.39 is 5.60 Å². The summed E-state index contributed by atoms with van der Waals surface area (Å²) in [6.07, 6.45) is 2.02. The van der Waals surface area contributed by atoms with Crippen LogP contribution in [0.5, 0.6) is 0 Å². The van der Waals surface area contributed by atoms with E-state index in [1.807, 2.05) is 0 Å². The first-order valence-corrected chi connectivity index (χ1v) is 5.75. The quantitative estimate of drug-likeness (QED) is 0.831. The highest BCUT2D eigenvalue weighted by Crippen LogP contribution is 2.36. The lowest BCUT2D eigenvalue weighted by atomic mass is 10.0. The van der Waals surface area contributed by atoms with Gasteiger partial charge < -0.3 is 10.0 Å². The zero-order chi connectivity index (χ0) is 10.3. The Labute approximate surface area is 93.7 Å². The Bertz CT molecular complexity index is 381. The number of likely N-dealkylation sites (N-methyl/N-ethyl adjacent to an activating group) is 1. The van der Waals surface area contributed by atoms with Crippen LogP contribution in [0.15, 0.2) is 9.98 Å². The second kappa shape index (κ2) is 3.29. The van der Waals surface area contributed by atoms with Crippen LogP contribution in [-0.4, -0.2) is 34.5 Å². The molecule has 1 amide bonds. The SMILES string of the molecule is CN1CCC(O)(c2ncc(Br)s2)C1=O. The van der Waals surface area contributed by atoms with Crippen molar-refractivity contribution in [3.63, 3.8) is 0 Å². The number of amides is 1. The molecule has 0 saturated carbocycles. The summed E-state index contributed by atoms with van der Waals surface area (Å²) >= 11 is 4.56. The van der Waals surface area contributed by atoms with Gasteiger partial charge in [-0.3, -0.25) is 4.79 Å². The highest BCUT2D eigenvalue weighted by Gasteiger charge is 2.47. The van der Waals surface area contributed by atoms with Crippen molar-refractivity contribution in [1.82, 2.24) is 9.88 Å². The van der Waals surface area contributed by atoms with Crippen LogP contribution in [0.4, 0.5) is 0 Å². The van der Waals surface area contributed by atoms with E-state index in [1.165, 1.54) is 16.2 Å². The predicted molar refractivity (Wildman–Crippen MR) is 56.0 cm³/mol. The molecule has 1 aromatic rings. The van der Waals surface area contributed by atoms with Gasteiger partial charge in [-0.25, -0.2) is 4.98 Å². The Morgan fingerprint density at radius 1 is 1.79 bits per heavy atom. The van der Waals surface area contributed by atoms with Crippen LogP contribution in [0.1, 0.15) is 11.4 Å². The van der Waals surface area contributed by atoms with E-state index in [0.29, 0.717) is 18.0 Å². The summed E-state index contributed by atoms with van der Waals surface area (Å²) in [6.45, 7) is 0.576. The maximum Gasteiger partial charge on any atom is 0.261 e. The van der Waals surface area contributed by atoms with Gasteiger partial charge in [0.2, 0.25) is 0 Å². The molecule has 4 nitrogen and oxygen atoms in total. The van der Waals surface area contributed by atoms with Crippen LogP contribution < -0.4 is 0 Å². The average molecular weight is 277 g/mol. The first-order valence-electron chi connectivity index (χ1n) is 4.14. The summed E-state index contributed by atoms with van der Waals surface area (Å²) in [5, 5.41) is 10.6. The maximum atomic E-state index is 11.7. The van der Waals surface area contributed by atoms with Crippen molar-refractivity contribution in [3.05, 3.63) is 15.0 Å². The number of rotatable bonds is 1. The molecule has 14 heavy (non-hydrogen) atoms. The minimum Gasteiger partial charge on any atom is -0.373 e. The molecule has 1 atom stereocenters. The fourth-order valence-corrected chi connectivity index (χ4v) is 2.81. The average Bonchev–Trinajstić information content (AvgIpc) is 2.68. The molecule has 1 aliphatic heterocycles. The van der Waals surface area contributed by atoms with E-state index in [2.05, 4.69) is 20.9 Å². The van der Waals surface area contributed by atoms with Crippen molar-refractivity contribution >= 4 is 33.2 Å². The van der Waals surface area contributed by atoms with Gasteiger partial charge >= 0.3 is 0 Å². The van der Waals surface area contributed by atoms with Gasteiger partial charge in [0.15, 0.2) is 5.60 Å². The molecule has 0 radical (unpaired) electrons. The van der Waals surface area contributed by atoms with Crippen LogP contribution in [0.2, 0.25) is 0 Å². The number of likely N-dealkylation sites (tertiary alicyclic amines) is 1. The molecule has 1 saturated heterocycles. The fourth-order valence-electron chi connectivity index (χ4n) is 1.50. The zero-order valence-corrected chi connectivity index (χ0v) is 9.93. The second-order valence-corrected chi connectivity index (χ2v) is 5.72. The van der Waals surface area contributed by atoms with Gasteiger partial charge in [-0.2, -0.15) is 0 Å².